The average Bonchev–Trinajstić information content (AvgIpc) is 3.15. The van der Waals surface area contributed by atoms with Crippen LogP contribution in [0.2, 0.25) is 0 Å². The first-order valence-electron chi connectivity index (χ1n) is 7.94. The Balaban J connectivity index is 1.36. The maximum Gasteiger partial charge on any atom is 0.0400 e. The Morgan fingerprint density at radius 2 is 1.89 bits per heavy atom. The maximum absolute atomic E-state index is 3.70. The molecule has 1 aromatic carbocycles. The van der Waals surface area contributed by atoms with Crippen LogP contribution in [0.25, 0.3) is 0 Å². The predicted molar refractivity (Wildman–Crippen MR) is 79.3 cm³/mol. The van der Waals surface area contributed by atoms with Crippen molar-refractivity contribution in [2.24, 2.45) is 11.8 Å². The molecule has 1 saturated heterocycles. The molecule has 3 fully saturated rings. The Hall–Kier alpha value is -1.02. The van der Waals surface area contributed by atoms with E-state index >= 15 is 0 Å². The Labute approximate surface area is 116 Å². The van der Waals surface area contributed by atoms with E-state index in [-0.39, 0.29) is 0 Å². The third kappa shape index (κ3) is 2.27. The van der Waals surface area contributed by atoms with Crippen molar-refractivity contribution in [3.63, 3.8) is 0 Å². The molecule has 2 aliphatic carbocycles. The van der Waals surface area contributed by atoms with Gasteiger partial charge in [0.15, 0.2) is 0 Å². The summed E-state index contributed by atoms with van der Waals surface area (Å²) in [7, 11) is 0. The minimum absolute atomic E-state index is 0.654. The molecule has 2 heteroatoms. The number of hydrogen-bond acceptors (Lipinski definition) is 2. The quantitative estimate of drug-likeness (QED) is 0.892. The monoisotopic (exact) mass is 256 g/mol. The van der Waals surface area contributed by atoms with Crippen molar-refractivity contribution in [1.29, 1.82) is 0 Å². The lowest BCUT2D eigenvalue weighted by molar-refractivity contribution is 0.174. The summed E-state index contributed by atoms with van der Waals surface area (Å²) in [6.45, 7) is 2.56. The number of fused-ring (bicyclic) bond motifs is 2. The smallest absolute Gasteiger partial charge is 0.0400 e. The standard InChI is InChI=1S/C17H24N2/c1-2-4-15(5-3-1)18-16-8-9-19(12-16)17-11-13-6-7-14(17)10-13/h1-5,13-14,16-18H,6-12H2. The SMILES string of the molecule is c1ccc(NC2CCN(C3CC4CCC3C4)C2)cc1. The fraction of sp³-hybridized carbons (Fsp3) is 0.647. The molecule has 2 saturated carbocycles. The number of likely N-dealkylation sites (tertiary alicyclic amines) is 1. The van der Waals surface area contributed by atoms with Crippen LogP contribution in [0.3, 0.4) is 0 Å². The number of anilines is 1. The van der Waals surface area contributed by atoms with Crippen molar-refractivity contribution >= 4 is 5.69 Å². The molecule has 4 unspecified atom stereocenters. The van der Waals surface area contributed by atoms with Crippen LogP contribution in [-0.4, -0.2) is 30.1 Å². The lowest BCUT2D eigenvalue weighted by Gasteiger charge is -2.31. The fourth-order valence-corrected chi connectivity index (χ4v) is 4.63. The summed E-state index contributed by atoms with van der Waals surface area (Å²) in [5.74, 6) is 2.09. The van der Waals surface area contributed by atoms with Crippen LogP contribution in [0, 0.1) is 11.8 Å². The number of para-hydroxylation sites is 1. The van der Waals surface area contributed by atoms with E-state index in [1.165, 1.54) is 50.9 Å². The molecule has 4 rings (SSSR count). The van der Waals surface area contributed by atoms with Crippen LogP contribution in [-0.2, 0) is 0 Å². The second kappa shape index (κ2) is 4.82. The van der Waals surface area contributed by atoms with Crippen LogP contribution in [0.15, 0.2) is 30.3 Å². The third-order valence-corrected chi connectivity index (χ3v) is 5.53. The maximum atomic E-state index is 3.70. The molecule has 2 nitrogen and oxygen atoms in total. The number of rotatable bonds is 3. The first-order chi connectivity index (χ1) is 9.38. The van der Waals surface area contributed by atoms with Gasteiger partial charge in [0.1, 0.15) is 0 Å². The highest BCUT2D eigenvalue weighted by atomic mass is 15.2. The molecular formula is C17H24N2. The molecule has 3 aliphatic rings. The molecule has 1 aliphatic heterocycles. The van der Waals surface area contributed by atoms with E-state index < -0.39 is 0 Å². The van der Waals surface area contributed by atoms with E-state index in [1.54, 1.807) is 0 Å². The van der Waals surface area contributed by atoms with E-state index in [0.29, 0.717) is 6.04 Å². The van der Waals surface area contributed by atoms with Crippen LogP contribution in [0.4, 0.5) is 5.69 Å². The molecule has 1 heterocycles. The molecule has 19 heavy (non-hydrogen) atoms. The van der Waals surface area contributed by atoms with Gasteiger partial charge in [0.2, 0.25) is 0 Å². The number of benzene rings is 1. The number of nitrogens with zero attached hydrogens (tertiary/aromatic N) is 1. The van der Waals surface area contributed by atoms with E-state index in [9.17, 15) is 0 Å². The van der Waals surface area contributed by atoms with E-state index in [4.69, 9.17) is 0 Å². The van der Waals surface area contributed by atoms with Gasteiger partial charge in [-0.15, -0.1) is 0 Å². The van der Waals surface area contributed by atoms with Crippen molar-refractivity contribution in [3.05, 3.63) is 30.3 Å². The lowest BCUT2D eigenvalue weighted by Crippen LogP contribution is -2.38. The summed E-state index contributed by atoms with van der Waals surface area (Å²) in [5.41, 5.74) is 1.28. The summed E-state index contributed by atoms with van der Waals surface area (Å²) < 4.78 is 0. The third-order valence-electron chi connectivity index (χ3n) is 5.53. The van der Waals surface area contributed by atoms with Crippen LogP contribution < -0.4 is 5.32 Å². The first kappa shape index (κ1) is 11.8. The Morgan fingerprint density at radius 1 is 1.00 bits per heavy atom. The highest BCUT2D eigenvalue weighted by Crippen LogP contribution is 2.47. The molecule has 0 radical (unpaired) electrons. The lowest BCUT2D eigenvalue weighted by atomic mass is 9.94. The number of nitrogens with one attached hydrogen (secondary N) is 1. The first-order valence-corrected chi connectivity index (χ1v) is 7.94. The normalized spacial score (nSPS) is 37.9. The largest absolute Gasteiger partial charge is 0.381 e. The van der Waals surface area contributed by atoms with Crippen molar-refractivity contribution < 1.29 is 0 Å². The zero-order valence-electron chi connectivity index (χ0n) is 11.6. The predicted octanol–water partition coefficient (Wildman–Crippen LogP) is 3.36. The highest BCUT2D eigenvalue weighted by Gasteiger charge is 2.43. The van der Waals surface area contributed by atoms with Gasteiger partial charge in [0, 0.05) is 30.9 Å². The van der Waals surface area contributed by atoms with Crippen LogP contribution >= 0.6 is 0 Å². The van der Waals surface area contributed by atoms with Crippen molar-refractivity contribution in [2.75, 3.05) is 18.4 Å². The number of hydrogen-bond donors (Lipinski definition) is 1. The summed E-state index contributed by atoms with van der Waals surface area (Å²) in [6, 6.07) is 12.3. The molecule has 4 atom stereocenters. The van der Waals surface area contributed by atoms with Crippen LogP contribution in [0.5, 0.6) is 0 Å². The fourth-order valence-electron chi connectivity index (χ4n) is 4.63. The van der Waals surface area contributed by atoms with Crippen molar-refractivity contribution in [2.45, 2.75) is 44.2 Å². The van der Waals surface area contributed by atoms with Gasteiger partial charge in [0.05, 0.1) is 0 Å². The van der Waals surface area contributed by atoms with Gasteiger partial charge in [0.25, 0.3) is 0 Å². The van der Waals surface area contributed by atoms with Crippen LogP contribution in [0.1, 0.15) is 32.1 Å². The van der Waals surface area contributed by atoms with Gasteiger partial charge in [-0.3, -0.25) is 4.90 Å². The summed E-state index contributed by atoms with van der Waals surface area (Å²) in [5, 5.41) is 3.70. The average molecular weight is 256 g/mol. The Kier molecular flexibility index (Phi) is 2.99. The topological polar surface area (TPSA) is 15.3 Å². The van der Waals surface area contributed by atoms with Gasteiger partial charge in [-0.25, -0.2) is 0 Å². The molecule has 0 aromatic heterocycles. The minimum Gasteiger partial charge on any atom is -0.381 e. The van der Waals surface area contributed by atoms with Gasteiger partial charge < -0.3 is 5.32 Å². The van der Waals surface area contributed by atoms with Gasteiger partial charge >= 0.3 is 0 Å². The Bertz CT molecular complexity index is 430. The zero-order valence-corrected chi connectivity index (χ0v) is 11.6. The molecule has 0 amide bonds. The molecule has 1 N–H and O–H groups in total. The van der Waals surface area contributed by atoms with E-state index in [1.807, 2.05) is 0 Å². The van der Waals surface area contributed by atoms with Gasteiger partial charge in [-0.2, -0.15) is 0 Å². The van der Waals surface area contributed by atoms with Gasteiger partial charge in [-0.05, 0) is 49.7 Å². The molecular weight excluding hydrogens is 232 g/mol. The molecule has 0 spiro atoms. The summed E-state index contributed by atoms with van der Waals surface area (Å²) in [6.07, 6.45) is 7.34. The summed E-state index contributed by atoms with van der Waals surface area (Å²) in [4.78, 5) is 2.78. The second-order valence-electron chi connectivity index (χ2n) is 6.73. The van der Waals surface area contributed by atoms with E-state index in [0.717, 1.165) is 17.9 Å². The molecule has 2 bridgehead atoms. The summed E-state index contributed by atoms with van der Waals surface area (Å²) >= 11 is 0. The zero-order chi connectivity index (χ0) is 12.7. The van der Waals surface area contributed by atoms with E-state index in [2.05, 4.69) is 40.5 Å². The van der Waals surface area contributed by atoms with Crippen molar-refractivity contribution in [1.82, 2.24) is 4.90 Å². The minimum atomic E-state index is 0.654. The van der Waals surface area contributed by atoms with Gasteiger partial charge in [-0.1, -0.05) is 24.6 Å². The Morgan fingerprint density at radius 3 is 2.63 bits per heavy atom. The molecule has 1 aromatic rings. The molecule has 102 valence electrons. The highest BCUT2D eigenvalue weighted by molar-refractivity contribution is 5.43. The van der Waals surface area contributed by atoms with Crippen molar-refractivity contribution in [3.8, 4) is 0 Å². The second-order valence-corrected chi connectivity index (χ2v) is 6.73.